The van der Waals surface area contributed by atoms with Crippen LogP contribution in [0.2, 0.25) is 0 Å². The summed E-state index contributed by atoms with van der Waals surface area (Å²) in [6, 6.07) is 0. The van der Waals surface area contributed by atoms with Gasteiger partial charge in [-0.3, -0.25) is 4.79 Å². The van der Waals surface area contributed by atoms with Gasteiger partial charge >= 0.3 is 0 Å². The SMILES string of the molecule is CC(=O)NC(C)OCC(C)C. The average Bonchev–Trinajstić information content (AvgIpc) is 1.82. The predicted molar refractivity (Wildman–Crippen MR) is 44.1 cm³/mol. The number of nitrogens with one attached hydrogen (secondary N) is 1. The summed E-state index contributed by atoms with van der Waals surface area (Å²) in [6.07, 6.45) is -0.171. The highest BCUT2D eigenvalue weighted by atomic mass is 16.5. The van der Waals surface area contributed by atoms with Crippen molar-refractivity contribution in [2.24, 2.45) is 5.92 Å². The van der Waals surface area contributed by atoms with Crippen LogP contribution in [0.5, 0.6) is 0 Å². The van der Waals surface area contributed by atoms with E-state index in [1.807, 2.05) is 6.92 Å². The fraction of sp³-hybridized carbons (Fsp3) is 0.875. The van der Waals surface area contributed by atoms with Crippen molar-refractivity contribution >= 4 is 5.91 Å². The number of hydrogen-bond donors (Lipinski definition) is 1. The van der Waals surface area contributed by atoms with Crippen LogP contribution in [0.25, 0.3) is 0 Å². The molecule has 0 spiro atoms. The van der Waals surface area contributed by atoms with Crippen molar-refractivity contribution in [3.8, 4) is 0 Å². The Balaban J connectivity index is 3.37. The van der Waals surface area contributed by atoms with Gasteiger partial charge in [-0.05, 0) is 12.8 Å². The molecular formula is C8H17NO2. The Morgan fingerprint density at radius 3 is 2.36 bits per heavy atom. The molecule has 1 N–H and O–H groups in total. The van der Waals surface area contributed by atoms with Crippen LogP contribution in [-0.2, 0) is 9.53 Å². The molecule has 0 aliphatic carbocycles. The molecule has 3 heteroatoms. The third-order valence-electron chi connectivity index (χ3n) is 1.09. The van der Waals surface area contributed by atoms with E-state index in [-0.39, 0.29) is 12.1 Å². The van der Waals surface area contributed by atoms with Crippen LogP contribution in [-0.4, -0.2) is 18.7 Å². The van der Waals surface area contributed by atoms with Crippen LogP contribution in [0, 0.1) is 5.92 Å². The molecule has 0 heterocycles. The second-order valence-electron chi connectivity index (χ2n) is 3.07. The van der Waals surface area contributed by atoms with E-state index in [0.29, 0.717) is 12.5 Å². The standard InChI is InChI=1S/C8H17NO2/c1-6(2)5-11-8(4)9-7(3)10/h6,8H,5H2,1-4H3,(H,9,10). The Kier molecular flexibility index (Phi) is 4.86. The molecule has 1 amide bonds. The van der Waals surface area contributed by atoms with E-state index in [1.165, 1.54) is 6.92 Å². The fourth-order valence-electron chi connectivity index (χ4n) is 0.665. The molecule has 0 aromatic carbocycles. The van der Waals surface area contributed by atoms with Gasteiger partial charge in [-0.15, -0.1) is 0 Å². The van der Waals surface area contributed by atoms with Crippen molar-refractivity contribution in [2.75, 3.05) is 6.61 Å². The predicted octanol–water partition coefficient (Wildman–Crippen LogP) is 1.14. The molecule has 0 aromatic rings. The van der Waals surface area contributed by atoms with Gasteiger partial charge in [0.15, 0.2) is 0 Å². The Labute approximate surface area is 68.1 Å². The number of rotatable bonds is 4. The first-order chi connectivity index (χ1) is 5.02. The number of carbonyl (C=O) groups is 1. The van der Waals surface area contributed by atoms with Crippen molar-refractivity contribution in [3.63, 3.8) is 0 Å². The van der Waals surface area contributed by atoms with E-state index in [0.717, 1.165) is 0 Å². The molecule has 0 saturated heterocycles. The summed E-state index contributed by atoms with van der Waals surface area (Å²) >= 11 is 0. The smallest absolute Gasteiger partial charge is 0.218 e. The summed E-state index contributed by atoms with van der Waals surface area (Å²) in [4.78, 5) is 10.5. The maximum Gasteiger partial charge on any atom is 0.218 e. The topological polar surface area (TPSA) is 38.3 Å². The van der Waals surface area contributed by atoms with E-state index in [2.05, 4.69) is 19.2 Å². The van der Waals surface area contributed by atoms with Crippen molar-refractivity contribution in [3.05, 3.63) is 0 Å². The molecule has 1 atom stereocenters. The first-order valence-corrected chi connectivity index (χ1v) is 3.91. The van der Waals surface area contributed by atoms with Crippen LogP contribution >= 0.6 is 0 Å². The molecule has 0 rings (SSSR count). The number of ether oxygens (including phenoxy) is 1. The Hall–Kier alpha value is -0.570. The highest BCUT2D eigenvalue weighted by molar-refractivity contribution is 5.72. The zero-order valence-corrected chi connectivity index (χ0v) is 7.68. The molecule has 0 aromatic heterocycles. The molecule has 0 fully saturated rings. The van der Waals surface area contributed by atoms with Gasteiger partial charge in [0, 0.05) is 6.92 Å². The summed E-state index contributed by atoms with van der Waals surface area (Å²) in [5.41, 5.74) is 0. The summed E-state index contributed by atoms with van der Waals surface area (Å²) in [5, 5.41) is 2.64. The number of amides is 1. The Morgan fingerprint density at radius 1 is 1.45 bits per heavy atom. The minimum absolute atomic E-state index is 0.0544. The summed E-state index contributed by atoms with van der Waals surface area (Å²) in [5.74, 6) is 0.451. The molecule has 1 unspecified atom stereocenters. The van der Waals surface area contributed by atoms with Crippen LogP contribution in [0.3, 0.4) is 0 Å². The van der Waals surface area contributed by atoms with E-state index in [9.17, 15) is 4.79 Å². The molecule has 0 aliphatic heterocycles. The summed E-state index contributed by atoms with van der Waals surface area (Å²) in [7, 11) is 0. The van der Waals surface area contributed by atoms with Crippen molar-refractivity contribution < 1.29 is 9.53 Å². The maximum atomic E-state index is 10.5. The van der Waals surface area contributed by atoms with Gasteiger partial charge in [0.05, 0.1) is 6.61 Å². The second kappa shape index (κ2) is 5.13. The largest absolute Gasteiger partial charge is 0.359 e. The minimum Gasteiger partial charge on any atom is -0.359 e. The summed E-state index contributed by atoms with van der Waals surface area (Å²) in [6.45, 7) is 8.13. The van der Waals surface area contributed by atoms with Gasteiger partial charge in [-0.1, -0.05) is 13.8 Å². The molecule has 0 aliphatic rings. The Bertz CT molecular complexity index is 123. The minimum atomic E-state index is -0.171. The van der Waals surface area contributed by atoms with E-state index in [1.54, 1.807) is 0 Å². The van der Waals surface area contributed by atoms with E-state index >= 15 is 0 Å². The van der Waals surface area contributed by atoms with Crippen LogP contribution in [0.15, 0.2) is 0 Å². The maximum absolute atomic E-state index is 10.5. The lowest BCUT2D eigenvalue weighted by molar-refractivity contribution is -0.123. The van der Waals surface area contributed by atoms with Gasteiger partial charge in [0.25, 0.3) is 0 Å². The molecule has 66 valence electrons. The zero-order valence-electron chi connectivity index (χ0n) is 7.68. The quantitative estimate of drug-likeness (QED) is 0.625. The van der Waals surface area contributed by atoms with Gasteiger partial charge in [-0.2, -0.15) is 0 Å². The van der Waals surface area contributed by atoms with Crippen LogP contribution in [0.4, 0.5) is 0 Å². The normalized spacial score (nSPS) is 13.2. The first-order valence-electron chi connectivity index (χ1n) is 3.91. The summed E-state index contributed by atoms with van der Waals surface area (Å²) < 4.78 is 5.28. The fourth-order valence-corrected chi connectivity index (χ4v) is 0.665. The third kappa shape index (κ3) is 7.33. The van der Waals surface area contributed by atoms with Crippen molar-refractivity contribution in [1.82, 2.24) is 5.32 Å². The number of carbonyl (C=O) groups excluding carboxylic acids is 1. The highest BCUT2D eigenvalue weighted by Crippen LogP contribution is 1.94. The molecule has 3 nitrogen and oxygen atoms in total. The molecule has 11 heavy (non-hydrogen) atoms. The van der Waals surface area contributed by atoms with Crippen LogP contribution < -0.4 is 5.32 Å². The molecule has 0 saturated carbocycles. The lowest BCUT2D eigenvalue weighted by atomic mass is 10.2. The monoisotopic (exact) mass is 159 g/mol. The lowest BCUT2D eigenvalue weighted by Gasteiger charge is -2.14. The number of hydrogen-bond acceptors (Lipinski definition) is 2. The molecule has 0 bridgehead atoms. The van der Waals surface area contributed by atoms with Gasteiger partial charge in [0.1, 0.15) is 6.23 Å². The molecule has 0 radical (unpaired) electrons. The lowest BCUT2D eigenvalue weighted by Crippen LogP contribution is -2.33. The van der Waals surface area contributed by atoms with E-state index in [4.69, 9.17) is 4.74 Å². The van der Waals surface area contributed by atoms with Gasteiger partial charge < -0.3 is 10.1 Å². The average molecular weight is 159 g/mol. The first kappa shape index (κ1) is 10.4. The Morgan fingerprint density at radius 2 is 2.00 bits per heavy atom. The van der Waals surface area contributed by atoms with Gasteiger partial charge in [-0.25, -0.2) is 0 Å². The zero-order chi connectivity index (χ0) is 8.85. The third-order valence-corrected chi connectivity index (χ3v) is 1.09. The second-order valence-corrected chi connectivity index (χ2v) is 3.07. The molecular weight excluding hydrogens is 142 g/mol. The van der Waals surface area contributed by atoms with Crippen molar-refractivity contribution in [2.45, 2.75) is 33.9 Å². The van der Waals surface area contributed by atoms with Crippen molar-refractivity contribution in [1.29, 1.82) is 0 Å². The van der Waals surface area contributed by atoms with Gasteiger partial charge in [0.2, 0.25) is 5.91 Å². The van der Waals surface area contributed by atoms with Crippen LogP contribution in [0.1, 0.15) is 27.7 Å². The van der Waals surface area contributed by atoms with E-state index < -0.39 is 0 Å². The highest BCUT2D eigenvalue weighted by Gasteiger charge is 2.03.